The first-order chi connectivity index (χ1) is 3.50. The first kappa shape index (κ1) is 5.14. The summed E-state index contributed by atoms with van der Waals surface area (Å²) in [6, 6.07) is 0. The van der Waals surface area contributed by atoms with Crippen LogP contribution in [0.4, 0.5) is 0 Å². The third-order valence-corrected chi connectivity index (χ3v) is 1.15. The molecule has 0 N–H and O–H groups in total. The van der Waals surface area contributed by atoms with Crippen molar-refractivity contribution in [3.8, 4) is 0 Å². The van der Waals surface area contributed by atoms with Crippen LogP contribution in [0.15, 0.2) is 0 Å². The van der Waals surface area contributed by atoms with Gasteiger partial charge < -0.3 is 0 Å². The van der Waals surface area contributed by atoms with Gasteiger partial charge in [0.05, 0.1) is 0 Å². The third-order valence-electron chi connectivity index (χ3n) is 1.15. The fourth-order valence-corrected chi connectivity index (χ4v) is 0.727. The molecule has 7 heavy (non-hydrogen) atoms. The molecular weight excluding hydrogens is 84.1 g/mol. The molecule has 0 spiro atoms. The zero-order valence-electron chi connectivity index (χ0n) is 4.48. The van der Waals surface area contributed by atoms with Gasteiger partial charge in [-0.3, -0.25) is 0 Å². The number of hydrogen-bond acceptors (Lipinski definition) is 0. The second-order valence-corrected chi connectivity index (χ2v) is 1.81. The lowest BCUT2D eigenvalue weighted by molar-refractivity contribution is 0.915. The molecule has 1 saturated carbocycles. The van der Waals surface area contributed by atoms with Crippen LogP contribution in [0.25, 0.3) is 0 Å². The van der Waals surface area contributed by atoms with Gasteiger partial charge in [0, 0.05) is 0 Å². The largest absolute Gasteiger partial charge is 0.0496 e. The predicted octanol–water partition coefficient (Wildman–Crippen LogP) is 2.05. The maximum Gasteiger partial charge on any atom is -0.0170 e. The average Bonchev–Trinajstić information content (AvgIpc) is 1.90. The first-order valence-corrected chi connectivity index (χ1v) is 2.84. The van der Waals surface area contributed by atoms with Crippen molar-refractivity contribution in [3.63, 3.8) is 0 Å². The van der Waals surface area contributed by atoms with Gasteiger partial charge in [0.15, 0.2) is 0 Å². The molecule has 0 aromatic rings. The minimum Gasteiger partial charge on any atom is -0.0496 e. The zero-order valence-corrected chi connectivity index (χ0v) is 4.48. The number of rotatable bonds is 0. The maximum absolute atomic E-state index is 3.26. The average molecular weight is 94.2 g/mol. The van der Waals surface area contributed by atoms with E-state index < -0.39 is 0 Å². The van der Waals surface area contributed by atoms with Crippen LogP contribution in [0.5, 0.6) is 0 Å². The molecule has 1 rings (SSSR count). The Kier molecular flexibility index (Phi) is 2.25. The minimum absolute atomic E-state index is 1.09. The van der Waals surface area contributed by atoms with Gasteiger partial charge in [-0.25, -0.2) is 0 Å². The summed E-state index contributed by atoms with van der Waals surface area (Å²) in [6.45, 7) is 0. The summed E-state index contributed by atoms with van der Waals surface area (Å²) in [5, 5.41) is 0. The van der Waals surface area contributed by atoms with Crippen molar-refractivity contribution < 1.29 is 0 Å². The lowest BCUT2D eigenvalue weighted by Gasteiger charge is -1.84. The van der Waals surface area contributed by atoms with Crippen LogP contribution < -0.4 is 0 Å². The standard InChI is InChI=1S/C7H10/c1-2-4-6-7-5-3-1/h1,4H,2-3,5-6H2. The summed E-state index contributed by atoms with van der Waals surface area (Å²) in [4.78, 5) is 0. The molecule has 0 nitrogen and oxygen atoms in total. The molecular formula is C7H10. The summed E-state index contributed by atoms with van der Waals surface area (Å²) in [5.74, 6) is 0. The topological polar surface area (TPSA) is 0 Å². The molecule has 0 heteroatoms. The zero-order chi connectivity index (χ0) is 4.95. The van der Waals surface area contributed by atoms with E-state index in [1.54, 1.807) is 0 Å². The monoisotopic (exact) mass is 94.1 g/mol. The summed E-state index contributed by atoms with van der Waals surface area (Å²) in [7, 11) is 0. The van der Waals surface area contributed by atoms with Gasteiger partial charge >= 0.3 is 0 Å². The van der Waals surface area contributed by atoms with Crippen LogP contribution in [0.1, 0.15) is 25.7 Å². The van der Waals surface area contributed by atoms with Gasteiger partial charge in [-0.15, -0.1) is 0 Å². The SMILES string of the molecule is [C]1C[CH]C[CH]CC1. The van der Waals surface area contributed by atoms with E-state index >= 15 is 0 Å². The van der Waals surface area contributed by atoms with Crippen LogP contribution >= 0.6 is 0 Å². The van der Waals surface area contributed by atoms with E-state index in [9.17, 15) is 0 Å². The molecule has 4 radical (unpaired) electrons. The molecule has 0 unspecified atom stereocenters. The molecule has 1 aliphatic carbocycles. The highest BCUT2D eigenvalue weighted by atomic mass is 14.0. The third kappa shape index (κ3) is 1.96. The highest BCUT2D eigenvalue weighted by Crippen LogP contribution is 2.12. The van der Waals surface area contributed by atoms with E-state index in [0.717, 1.165) is 12.8 Å². The van der Waals surface area contributed by atoms with Crippen molar-refractivity contribution in [2.45, 2.75) is 25.7 Å². The van der Waals surface area contributed by atoms with E-state index in [1.165, 1.54) is 12.8 Å². The van der Waals surface area contributed by atoms with Crippen molar-refractivity contribution in [3.05, 3.63) is 19.3 Å². The van der Waals surface area contributed by atoms with E-state index in [-0.39, 0.29) is 0 Å². The Morgan fingerprint density at radius 2 is 2.29 bits per heavy atom. The predicted molar refractivity (Wildman–Crippen MR) is 30.3 cm³/mol. The Labute approximate surface area is 45.9 Å². The lowest BCUT2D eigenvalue weighted by atomic mass is 10.2. The molecule has 0 saturated heterocycles. The molecule has 38 valence electrons. The molecule has 1 aliphatic rings. The van der Waals surface area contributed by atoms with Gasteiger partial charge in [0.25, 0.3) is 0 Å². The van der Waals surface area contributed by atoms with Crippen molar-refractivity contribution in [1.82, 2.24) is 0 Å². The molecule has 0 aromatic heterocycles. The summed E-state index contributed by atoms with van der Waals surface area (Å²) in [5.41, 5.74) is 0. The lowest BCUT2D eigenvalue weighted by Crippen LogP contribution is -1.69. The fraction of sp³-hybridized carbons (Fsp3) is 0.571. The Balaban J connectivity index is 2.04. The molecule has 0 amide bonds. The molecule has 0 bridgehead atoms. The van der Waals surface area contributed by atoms with E-state index in [1.807, 2.05) is 0 Å². The second-order valence-electron chi connectivity index (χ2n) is 1.81. The molecule has 1 fully saturated rings. The molecule has 0 atom stereocenters. The number of hydrogen-bond donors (Lipinski definition) is 0. The highest BCUT2D eigenvalue weighted by Gasteiger charge is 1.96. The van der Waals surface area contributed by atoms with Gasteiger partial charge in [0.1, 0.15) is 0 Å². The quantitative estimate of drug-likeness (QED) is 0.403. The van der Waals surface area contributed by atoms with E-state index in [2.05, 4.69) is 19.3 Å². The smallest absolute Gasteiger partial charge is 0.0170 e. The van der Waals surface area contributed by atoms with Crippen LogP contribution in [0, 0.1) is 19.3 Å². The van der Waals surface area contributed by atoms with Crippen LogP contribution in [0.3, 0.4) is 0 Å². The Morgan fingerprint density at radius 3 is 3.29 bits per heavy atom. The van der Waals surface area contributed by atoms with E-state index in [0.29, 0.717) is 0 Å². The van der Waals surface area contributed by atoms with Crippen molar-refractivity contribution in [2.24, 2.45) is 0 Å². The first-order valence-electron chi connectivity index (χ1n) is 2.84. The Hall–Kier alpha value is 0. The van der Waals surface area contributed by atoms with E-state index in [4.69, 9.17) is 0 Å². The normalized spacial score (nSPS) is 24.0. The van der Waals surface area contributed by atoms with Crippen LogP contribution in [0.2, 0.25) is 0 Å². The van der Waals surface area contributed by atoms with Crippen molar-refractivity contribution >= 4 is 0 Å². The van der Waals surface area contributed by atoms with Crippen LogP contribution in [-0.4, -0.2) is 0 Å². The minimum atomic E-state index is 1.09. The molecule has 0 aliphatic heterocycles. The highest BCUT2D eigenvalue weighted by molar-refractivity contribution is 4.87. The van der Waals surface area contributed by atoms with Gasteiger partial charge in [-0.1, -0.05) is 0 Å². The second kappa shape index (κ2) is 3.06. The summed E-state index contributed by atoms with van der Waals surface area (Å²) in [6.07, 6.45) is 12.5. The van der Waals surface area contributed by atoms with Crippen molar-refractivity contribution in [1.29, 1.82) is 0 Å². The van der Waals surface area contributed by atoms with Gasteiger partial charge in [-0.05, 0) is 44.9 Å². The Morgan fingerprint density at radius 1 is 1.29 bits per heavy atom. The Bertz CT molecular complexity index is 19.7. The fourth-order valence-electron chi connectivity index (χ4n) is 0.727. The van der Waals surface area contributed by atoms with Gasteiger partial charge in [0.2, 0.25) is 0 Å². The molecule has 0 heterocycles. The summed E-state index contributed by atoms with van der Waals surface area (Å²) >= 11 is 0. The summed E-state index contributed by atoms with van der Waals surface area (Å²) < 4.78 is 0. The molecule has 0 aromatic carbocycles. The van der Waals surface area contributed by atoms with Crippen LogP contribution in [-0.2, 0) is 0 Å². The maximum atomic E-state index is 3.26. The van der Waals surface area contributed by atoms with Gasteiger partial charge in [-0.2, -0.15) is 0 Å². The van der Waals surface area contributed by atoms with Crippen molar-refractivity contribution in [2.75, 3.05) is 0 Å².